The quantitative estimate of drug-likeness (QED) is 0.610. The van der Waals surface area contributed by atoms with E-state index in [4.69, 9.17) is 4.84 Å². The molecule has 0 saturated heterocycles. The van der Waals surface area contributed by atoms with Crippen LogP contribution in [-0.2, 0) is 4.84 Å². The molecule has 3 aromatic rings. The normalized spacial score (nSPS) is 14.1. The Bertz CT molecular complexity index is 919. The molecule has 1 aliphatic rings. The second kappa shape index (κ2) is 8.11. The highest BCUT2D eigenvalue weighted by Gasteiger charge is 2.27. The van der Waals surface area contributed by atoms with Crippen LogP contribution in [0.4, 0.5) is 0 Å². The summed E-state index contributed by atoms with van der Waals surface area (Å²) in [7, 11) is 0. The molecule has 4 rings (SSSR count). The molecule has 0 unspecified atom stereocenters. The molecule has 0 bridgehead atoms. The van der Waals surface area contributed by atoms with Gasteiger partial charge in [-0.2, -0.15) is 0 Å². The number of benzene rings is 3. The molecule has 0 fully saturated rings. The molecule has 27 heavy (non-hydrogen) atoms. The third kappa shape index (κ3) is 3.74. The molecule has 3 nitrogen and oxygen atoms in total. The molecular weight excluding hydrogens is 332 g/mol. The summed E-state index contributed by atoms with van der Waals surface area (Å²) in [5.74, 6) is 0.870. The fourth-order valence-electron chi connectivity index (χ4n) is 3.30. The van der Waals surface area contributed by atoms with Crippen LogP contribution in [-0.4, -0.2) is 11.7 Å². The monoisotopic (exact) mass is 356 g/mol. The van der Waals surface area contributed by atoms with Gasteiger partial charge in [-0.25, -0.2) is 0 Å². The summed E-state index contributed by atoms with van der Waals surface area (Å²) in [5, 5.41) is 1.85. The molecule has 1 N–H and O–H groups in total. The summed E-state index contributed by atoms with van der Waals surface area (Å²) in [6.07, 6.45) is 2.20. The van der Waals surface area contributed by atoms with Gasteiger partial charge in [0.2, 0.25) is 0 Å². The molecule has 3 aromatic carbocycles. The lowest BCUT2D eigenvalue weighted by molar-refractivity contribution is -0.0997. The van der Waals surface area contributed by atoms with Gasteiger partial charge >= 0.3 is 0 Å². The van der Waals surface area contributed by atoms with Gasteiger partial charge < -0.3 is 4.84 Å². The average molecular weight is 356 g/mol. The Kier molecular flexibility index (Phi) is 5.22. The number of rotatable bonds is 6. The van der Waals surface area contributed by atoms with Crippen LogP contribution in [0, 0.1) is 0 Å². The van der Waals surface area contributed by atoms with Gasteiger partial charge in [-0.15, -0.1) is 0 Å². The minimum absolute atomic E-state index is 0.837. The Labute approximate surface area is 160 Å². The molecule has 0 aliphatic carbocycles. The first-order chi connectivity index (χ1) is 13.4. The minimum atomic E-state index is 0.837. The minimum Gasteiger partial charge on any atom is -0.383 e. The number of hydrogen-bond donors (Lipinski definition) is 1. The van der Waals surface area contributed by atoms with Crippen molar-refractivity contribution >= 4 is 11.5 Å². The van der Waals surface area contributed by atoms with E-state index in [1.807, 2.05) is 29.4 Å². The molecule has 0 amide bonds. The van der Waals surface area contributed by atoms with Crippen LogP contribution >= 0.6 is 0 Å². The maximum absolute atomic E-state index is 6.21. The highest BCUT2D eigenvalue weighted by Crippen LogP contribution is 2.36. The van der Waals surface area contributed by atoms with Gasteiger partial charge in [-0.05, 0) is 17.5 Å². The van der Waals surface area contributed by atoms with E-state index >= 15 is 0 Å². The molecule has 3 heteroatoms. The Balaban J connectivity index is 1.80. The zero-order valence-electron chi connectivity index (χ0n) is 15.6. The van der Waals surface area contributed by atoms with E-state index in [-0.39, 0.29) is 0 Å². The van der Waals surface area contributed by atoms with Crippen molar-refractivity contribution in [2.24, 2.45) is 0 Å². The summed E-state index contributed by atoms with van der Waals surface area (Å²) in [5.41, 5.74) is 9.10. The van der Waals surface area contributed by atoms with Crippen molar-refractivity contribution in [1.82, 2.24) is 10.6 Å². The van der Waals surface area contributed by atoms with Crippen LogP contribution in [0.2, 0.25) is 0 Å². The standard InChI is InChI=1S/C24H24N2O/c1-2-3-18-26-25-23(24(27-26)20-14-8-5-9-15-20)22-17-11-10-16-21(22)19-12-6-4-7-13-19/h4-17,25H,2-3,18H2,1H3. The van der Waals surface area contributed by atoms with E-state index in [1.165, 1.54) is 11.1 Å². The van der Waals surface area contributed by atoms with E-state index < -0.39 is 0 Å². The molecule has 0 spiro atoms. The highest BCUT2D eigenvalue weighted by molar-refractivity contribution is 5.92. The van der Waals surface area contributed by atoms with E-state index in [1.54, 1.807) is 0 Å². The molecule has 1 heterocycles. The molecule has 0 atom stereocenters. The molecule has 0 aromatic heterocycles. The Morgan fingerprint density at radius 2 is 1.33 bits per heavy atom. The Morgan fingerprint density at radius 1 is 0.741 bits per heavy atom. The SMILES string of the molecule is CCCCN1NC(c2ccccc2-c2ccccc2)=C(c2ccccc2)O1. The van der Waals surface area contributed by atoms with Gasteiger partial charge in [-0.3, -0.25) is 5.43 Å². The van der Waals surface area contributed by atoms with Crippen LogP contribution in [0.1, 0.15) is 30.9 Å². The average Bonchev–Trinajstić information content (AvgIpc) is 3.17. The zero-order valence-corrected chi connectivity index (χ0v) is 15.6. The van der Waals surface area contributed by atoms with E-state index in [0.717, 1.165) is 42.0 Å². The third-order valence-corrected chi connectivity index (χ3v) is 4.70. The van der Waals surface area contributed by atoms with Crippen LogP contribution in [0.3, 0.4) is 0 Å². The van der Waals surface area contributed by atoms with Crippen molar-refractivity contribution in [3.8, 4) is 11.1 Å². The molecule has 136 valence electrons. The Morgan fingerprint density at radius 3 is 2.00 bits per heavy atom. The Hall–Kier alpha value is -3.04. The highest BCUT2D eigenvalue weighted by atomic mass is 16.7. The summed E-state index contributed by atoms with van der Waals surface area (Å²) < 4.78 is 0. The summed E-state index contributed by atoms with van der Waals surface area (Å²) in [4.78, 5) is 6.21. The van der Waals surface area contributed by atoms with Gasteiger partial charge in [0.15, 0.2) is 5.76 Å². The predicted octanol–water partition coefficient (Wildman–Crippen LogP) is 5.73. The van der Waals surface area contributed by atoms with Crippen molar-refractivity contribution in [3.63, 3.8) is 0 Å². The first kappa shape index (κ1) is 17.4. The lowest BCUT2D eigenvalue weighted by Gasteiger charge is -2.16. The summed E-state index contributed by atoms with van der Waals surface area (Å²) >= 11 is 0. The smallest absolute Gasteiger partial charge is 0.182 e. The van der Waals surface area contributed by atoms with Gasteiger partial charge in [0.05, 0.1) is 6.54 Å². The second-order valence-electron chi connectivity index (χ2n) is 6.64. The lowest BCUT2D eigenvalue weighted by atomic mass is 9.96. The van der Waals surface area contributed by atoms with Crippen molar-refractivity contribution in [3.05, 3.63) is 96.1 Å². The number of nitrogens with one attached hydrogen (secondary N) is 1. The maximum atomic E-state index is 6.21. The van der Waals surface area contributed by atoms with E-state index in [9.17, 15) is 0 Å². The molecule has 0 radical (unpaired) electrons. The molecule has 0 saturated carbocycles. The summed E-state index contributed by atoms with van der Waals surface area (Å²) in [6, 6.07) is 29.3. The topological polar surface area (TPSA) is 24.5 Å². The largest absolute Gasteiger partial charge is 0.383 e. The number of hydrogen-bond acceptors (Lipinski definition) is 3. The van der Waals surface area contributed by atoms with E-state index in [0.29, 0.717) is 0 Å². The predicted molar refractivity (Wildman–Crippen MR) is 111 cm³/mol. The number of nitrogens with zero attached hydrogens (tertiary/aromatic N) is 1. The van der Waals surface area contributed by atoms with Gasteiger partial charge in [0.1, 0.15) is 5.70 Å². The fourth-order valence-corrected chi connectivity index (χ4v) is 3.30. The lowest BCUT2D eigenvalue weighted by Crippen LogP contribution is -2.31. The number of unbranched alkanes of at least 4 members (excludes halogenated alkanes) is 1. The first-order valence-corrected chi connectivity index (χ1v) is 9.53. The van der Waals surface area contributed by atoms with Crippen molar-refractivity contribution in [2.75, 3.05) is 6.54 Å². The third-order valence-electron chi connectivity index (χ3n) is 4.70. The van der Waals surface area contributed by atoms with Crippen molar-refractivity contribution in [1.29, 1.82) is 0 Å². The van der Waals surface area contributed by atoms with Crippen molar-refractivity contribution < 1.29 is 4.84 Å². The summed E-state index contributed by atoms with van der Waals surface area (Å²) in [6.45, 7) is 3.02. The van der Waals surface area contributed by atoms with Gasteiger partial charge in [-0.1, -0.05) is 103 Å². The number of hydrazine groups is 1. The van der Waals surface area contributed by atoms with Crippen LogP contribution in [0.15, 0.2) is 84.9 Å². The van der Waals surface area contributed by atoms with Crippen LogP contribution in [0.25, 0.3) is 22.6 Å². The van der Waals surface area contributed by atoms with Gasteiger partial charge in [0.25, 0.3) is 0 Å². The second-order valence-corrected chi connectivity index (χ2v) is 6.64. The zero-order chi connectivity index (χ0) is 18.5. The van der Waals surface area contributed by atoms with Gasteiger partial charge in [0, 0.05) is 11.1 Å². The van der Waals surface area contributed by atoms with Crippen LogP contribution < -0.4 is 5.43 Å². The fraction of sp³-hybridized carbons (Fsp3) is 0.167. The first-order valence-electron chi connectivity index (χ1n) is 9.53. The number of hydroxylamine groups is 1. The van der Waals surface area contributed by atoms with E-state index in [2.05, 4.69) is 73.0 Å². The van der Waals surface area contributed by atoms with Crippen LogP contribution in [0.5, 0.6) is 0 Å². The molecular formula is C24H24N2O. The van der Waals surface area contributed by atoms with Crippen molar-refractivity contribution in [2.45, 2.75) is 19.8 Å². The molecule has 1 aliphatic heterocycles. The maximum Gasteiger partial charge on any atom is 0.182 e.